The maximum absolute atomic E-state index is 13.7. The van der Waals surface area contributed by atoms with E-state index in [0.29, 0.717) is 27.9 Å². The van der Waals surface area contributed by atoms with Crippen molar-refractivity contribution in [3.05, 3.63) is 70.1 Å². The van der Waals surface area contributed by atoms with Crippen LogP contribution in [0, 0.1) is 0 Å². The van der Waals surface area contributed by atoms with E-state index in [2.05, 4.69) is 5.32 Å². The molecule has 10 nitrogen and oxygen atoms in total. The van der Waals surface area contributed by atoms with Crippen molar-refractivity contribution >= 4 is 46.0 Å². The molecule has 1 atom stereocenters. The van der Waals surface area contributed by atoms with E-state index in [1.54, 1.807) is 43.3 Å². The maximum Gasteiger partial charge on any atom is 0.354 e. The number of ether oxygens (including phenoxy) is 1. The molecule has 184 valence electrons. The van der Waals surface area contributed by atoms with Gasteiger partial charge in [0.25, 0.3) is 5.91 Å². The Hall–Kier alpha value is -4.47. The van der Waals surface area contributed by atoms with Gasteiger partial charge >= 0.3 is 11.6 Å². The third-order valence-corrected chi connectivity index (χ3v) is 6.53. The van der Waals surface area contributed by atoms with Crippen molar-refractivity contribution < 1.29 is 28.3 Å². The predicted octanol–water partition coefficient (Wildman–Crippen LogP) is 2.79. The first-order valence-electron chi connectivity index (χ1n) is 11.5. The second kappa shape index (κ2) is 8.63. The van der Waals surface area contributed by atoms with Crippen molar-refractivity contribution in [1.82, 2.24) is 4.90 Å². The van der Waals surface area contributed by atoms with Crippen LogP contribution >= 0.6 is 0 Å². The molecular formula is C26H23N3O7. The summed E-state index contributed by atoms with van der Waals surface area (Å²) in [5, 5.41) is 3.14. The van der Waals surface area contributed by atoms with Crippen molar-refractivity contribution in [3.8, 4) is 0 Å². The summed E-state index contributed by atoms with van der Waals surface area (Å²) in [5.74, 6) is -1.66. The molecule has 1 saturated heterocycles. The number of esters is 1. The van der Waals surface area contributed by atoms with Gasteiger partial charge in [0.05, 0.1) is 11.3 Å². The molecule has 0 spiro atoms. The Kier molecular flexibility index (Phi) is 5.58. The van der Waals surface area contributed by atoms with Crippen LogP contribution in [-0.2, 0) is 25.7 Å². The SMILES string of the molecule is CCN1C(=O)c2ccccc2N2C(=O)CC[C@]12C(=O)OCc1cc(=O)oc2cc(NC(C)=O)ccc12. The fourth-order valence-corrected chi connectivity index (χ4v) is 5.06. The Bertz CT molecular complexity index is 1490. The molecule has 3 heterocycles. The molecule has 0 bridgehead atoms. The van der Waals surface area contributed by atoms with E-state index in [1.165, 1.54) is 28.9 Å². The molecule has 0 radical (unpaired) electrons. The lowest BCUT2D eigenvalue weighted by Gasteiger charge is -2.48. The summed E-state index contributed by atoms with van der Waals surface area (Å²) in [6.45, 7) is 3.01. The molecule has 1 fully saturated rings. The smallest absolute Gasteiger partial charge is 0.354 e. The monoisotopic (exact) mass is 489 g/mol. The molecule has 5 rings (SSSR count). The van der Waals surface area contributed by atoms with Gasteiger partial charge in [-0.05, 0) is 31.2 Å². The van der Waals surface area contributed by atoms with E-state index >= 15 is 0 Å². The van der Waals surface area contributed by atoms with Gasteiger partial charge in [-0.25, -0.2) is 9.59 Å². The van der Waals surface area contributed by atoms with Gasteiger partial charge < -0.3 is 19.4 Å². The number of benzene rings is 2. The topological polar surface area (TPSA) is 126 Å². The van der Waals surface area contributed by atoms with Gasteiger partial charge in [-0.3, -0.25) is 19.3 Å². The number of hydrogen-bond donors (Lipinski definition) is 1. The summed E-state index contributed by atoms with van der Waals surface area (Å²) in [6, 6.07) is 12.7. The van der Waals surface area contributed by atoms with Crippen LogP contribution in [0.1, 0.15) is 42.6 Å². The molecule has 0 aliphatic carbocycles. The normalized spacial score (nSPS) is 18.7. The Morgan fingerprint density at radius 2 is 1.89 bits per heavy atom. The zero-order chi connectivity index (χ0) is 25.6. The summed E-state index contributed by atoms with van der Waals surface area (Å²) < 4.78 is 11.0. The van der Waals surface area contributed by atoms with Crippen LogP contribution in [0.15, 0.2) is 57.7 Å². The standard InChI is InChI=1S/C26H23N3O7/c1-3-28-24(33)19-6-4-5-7-20(19)29-22(31)10-11-26(28,29)25(34)35-14-16-12-23(32)36-21-13-17(27-15(2)30)8-9-18(16)21/h4-9,12-13H,3,10-11,14H2,1-2H3,(H,27,30)/t26-/m0/s1. The second-order valence-electron chi connectivity index (χ2n) is 8.67. The van der Waals surface area contributed by atoms with E-state index < -0.39 is 17.3 Å². The van der Waals surface area contributed by atoms with Gasteiger partial charge in [0, 0.05) is 55.1 Å². The van der Waals surface area contributed by atoms with Crippen LogP contribution < -0.4 is 15.8 Å². The molecule has 2 aromatic carbocycles. The molecule has 0 saturated carbocycles. The van der Waals surface area contributed by atoms with Crippen molar-refractivity contribution in [2.75, 3.05) is 16.8 Å². The van der Waals surface area contributed by atoms with E-state index in [9.17, 15) is 24.0 Å². The number of rotatable bonds is 5. The summed E-state index contributed by atoms with van der Waals surface area (Å²) >= 11 is 0. The Balaban J connectivity index is 1.50. The van der Waals surface area contributed by atoms with Gasteiger partial charge in [-0.2, -0.15) is 0 Å². The number of hydrogen-bond acceptors (Lipinski definition) is 7. The van der Waals surface area contributed by atoms with Gasteiger partial charge in [0.15, 0.2) is 0 Å². The quantitative estimate of drug-likeness (QED) is 0.431. The Morgan fingerprint density at radius 3 is 2.64 bits per heavy atom. The number of para-hydroxylation sites is 1. The molecular weight excluding hydrogens is 466 g/mol. The highest BCUT2D eigenvalue weighted by Crippen LogP contribution is 2.45. The summed E-state index contributed by atoms with van der Waals surface area (Å²) in [6.07, 6.45) is 0.174. The fourth-order valence-electron chi connectivity index (χ4n) is 5.06. The highest BCUT2D eigenvalue weighted by molar-refractivity contribution is 6.15. The number of nitrogens with zero attached hydrogens (tertiary/aromatic N) is 2. The van der Waals surface area contributed by atoms with Gasteiger partial charge in [0.2, 0.25) is 17.5 Å². The first kappa shape index (κ1) is 23.3. The zero-order valence-corrected chi connectivity index (χ0v) is 19.7. The number of amides is 3. The average Bonchev–Trinajstić information content (AvgIpc) is 3.20. The number of carbonyl (C=O) groups excluding carboxylic acids is 4. The number of carbonyl (C=O) groups is 4. The van der Waals surface area contributed by atoms with Crippen LogP contribution in [-0.4, -0.2) is 40.8 Å². The van der Waals surface area contributed by atoms with E-state index in [4.69, 9.17) is 9.15 Å². The number of anilines is 2. The van der Waals surface area contributed by atoms with Gasteiger partial charge in [0.1, 0.15) is 12.2 Å². The largest absolute Gasteiger partial charge is 0.458 e. The molecule has 1 N–H and O–H groups in total. The zero-order valence-electron chi connectivity index (χ0n) is 19.7. The summed E-state index contributed by atoms with van der Waals surface area (Å²) in [5.41, 5.74) is -0.479. The number of fused-ring (bicyclic) bond motifs is 4. The first-order chi connectivity index (χ1) is 17.3. The van der Waals surface area contributed by atoms with Crippen LogP contribution in [0.25, 0.3) is 11.0 Å². The van der Waals surface area contributed by atoms with E-state index in [-0.39, 0.29) is 49.3 Å². The molecule has 1 aromatic heterocycles. The minimum atomic E-state index is -1.61. The molecule has 36 heavy (non-hydrogen) atoms. The third-order valence-electron chi connectivity index (χ3n) is 6.53. The summed E-state index contributed by atoms with van der Waals surface area (Å²) in [4.78, 5) is 66.2. The lowest BCUT2D eigenvalue weighted by molar-refractivity contribution is -0.158. The fraction of sp³-hybridized carbons (Fsp3) is 0.269. The third kappa shape index (κ3) is 3.53. The molecule has 10 heteroatoms. The van der Waals surface area contributed by atoms with Crippen molar-refractivity contribution in [1.29, 1.82) is 0 Å². The van der Waals surface area contributed by atoms with Crippen molar-refractivity contribution in [3.63, 3.8) is 0 Å². The number of likely N-dealkylation sites (N-methyl/N-ethyl adjacent to an activating group) is 1. The molecule has 3 aromatic rings. The summed E-state index contributed by atoms with van der Waals surface area (Å²) in [7, 11) is 0. The van der Waals surface area contributed by atoms with Gasteiger partial charge in [-0.1, -0.05) is 12.1 Å². The highest BCUT2D eigenvalue weighted by Gasteiger charge is 2.61. The number of nitrogens with one attached hydrogen (secondary N) is 1. The van der Waals surface area contributed by atoms with Crippen LogP contribution in [0.4, 0.5) is 11.4 Å². The van der Waals surface area contributed by atoms with Crippen molar-refractivity contribution in [2.45, 2.75) is 39.0 Å². The molecule has 2 aliphatic rings. The second-order valence-corrected chi connectivity index (χ2v) is 8.67. The van der Waals surface area contributed by atoms with E-state index in [0.717, 1.165) is 0 Å². The maximum atomic E-state index is 13.7. The lowest BCUT2D eigenvalue weighted by Crippen LogP contribution is -2.68. The molecule has 0 unspecified atom stereocenters. The van der Waals surface area contributed by atoms with Crippen molar-refractivity contribution in [2.24, 2.45) is 0 Å². The van der Waals surface area contributed by atoms with E-state index in [1.807, 2.05) is 0 Å². The van der Waals surface area contributed by atoms with Crippen LogP contribution in [0.3, 0.4) is 0 Å². The predicted molar refractivity (Wildman–Crippen MR) is 129 cm³/mol. The Morgan fingerprint density at radius 1 is 1.11 bits per heavy atom. The minimum absolute atomic E-state index is 0.0804. The van der Waals surface area contributed by atoms with Crippen LogP contribution in [0.2, 0.25) is 0 Å². The minimum Gasteiger partial charge on any atom is -0.458 e. The molecule has 2 aliphatic heterocycles. The molecule has 3 amide bonds. The highest BCUT2D eigenvalue weighted by atomic mass is 16.5. The average molecular weight is 489 g/mol. The van der Waals surface area contributed by atoms with Gasteiger partial charge in [-0.15, -0.1) is 0 Å². The lowest BCUT2D eigenvalue weighted by atomic mass is 9.96. The van der Waals surface area contributed by atoms with Crippen LogP contribution in [0.5, 0.6) is 0 Å². The Labute approximate surface area is 205 Å². The first-order valence-corrected chi connectivity index (χ1v) is 11.5.